The molecule has 10 heteroatoms. The summed E-state index contributed by atoms with van der Waals surface area (Å²) in [6.07, 6.45) is 0. The maximum atomic E-state index is 9.10. The molecule has 10 N–H and O–H groups in total. The van der Waals surface area contributed by atoms with Gasteiger partial charge in [-0.05, 0) is 0 Å². The van der Waals surface area contributed by atoms with Crippen LogP contribution in [-0.4, -0.2) is 44.1 Å². The van der Waals surface area contributed by atoms with Crippen LogP contribution in [0.5, 0.6) is 0 Å². The predicted molar refractivity (Wildman–Crippen MR) is 30.8 cm³/mol. The number of carboxylic acids is 2. The number of hydrogen-bond acceptors (Lipinski definition) is 2. The molecule has 0 saturated heterocycles. The summed E-state index contributed by atoms with van der Waals surface area (Å²) in [5.41, 5.74) is 0. The minimum atomic E-state index is -1.82. The van der Waals surface area contributed by atoms with Crippen LogP contribution in [0.1, 0.15) is 1.43 Å². The fourth-order valence-corrected chi connectivity index (χ4v) is 0. The van der Waals surface area contributed by atoms with Gasteiger partial charge in [0.2, 0.25) is 0 Å². The first-order chi connectivity index (χ1) is 2.64. The predicted octanol–water partition coefficient (Wildman–Crippen LogP) is -7.03. The van der Waals surface area contributed by atoms with Crippen LogP contribution in [0, 0.1) is 0 Å². The number of carboxylic acid groups (broad SMARTS) is 2. The molecule has 0 heterocycles. The van der Waals surface area contributed by atoms with Gasteiger partial charge < -0.3 is 33.5 Å². The zero-order valence-corrected chi connectivity index (χ0v) is 7.77. The summed E-state index contributed by atoms with van der Waals surface area (Å²) in [4.78, 5) is 18.2. The van der Waals surface area contributed by atoms with Gasteiger partial charge in [0.05, 0.1) is 0 Å². The molecule has 0 bridgehead atoms. The van der Waals surface area contributed by atoms with Crippen LogP contribution in [0.3, 0.4) is 0 Å². The molecule has 0 amide bonds. The second-order valence-electron chi connectivity index (χ2n) is 0.610. The molecule has 0 spiro atoms. The number of aliphatic carboxylic acids is 2. The fraction of sp³-hybridized carbons (Fsp3) is 0. The summed E-state index contributed by atoms with van der Waals surface area (Å²) in [7, 11) is 0. The summed E-state index contributed by atoms with van der Waals surface area (Å²) in [6.45, 7) is 0. The van der Waals surface area contributed by atoms with Crippen molar-refractivity contribution >= 4 is 11.9 Å². The smallest absolute Gasteiger partial charge is 1.00 e. The second-order valence-corrected chi connectivity index (χ2v) is 0.610. The van der Waals surface area contributed by atoms with Gasteiger partial charge in [-0.3, -0.25) is 0 Å². The van der Waals surface area contributed by atoms with Crippen LogP contribution in [-0.2, 0) is 31.3 Å². The first-order valence-corrected chi connectivity index (χ1v) is 1.11. The Balaban J connectivity index is -0.00000000595. The monoisotopic (exact) mass is 218 g/mol. The molecule has 72 valence electrons. The Morgan fingerprint density at radius 1 is 0.833 bits per heavy atom. The molecule has 0 aliphatic heterocycles. The molecular weight excluding hydrogens is 207 g/mol. The summed E-state index contributed by atoms with van der Waals surface area (Å²) in [6, 6.07) is 0. The Morgan fingerprint density at radius 3 is 0.917 bits per heavy atom. The van der Waals surface area contributed by atoms with Gasteiger partial charge in [-0.25, -0.2) is 9.59 Å². The number of hydrogen-bond donors (Lipinski definition) is 2. The van der Waals surface area contributed by atoms with Gasteiger partial charge in [-0.1, -0.05) is 0 Å². The summed E-state index contributed by atoms with van der Waals surface area (Å²) in [5, 5.41) is 14.8. The Kier molecular flexibility index (Phi) is 146. The van der Waals surface area contributed by atoms with E-state index in [2.05, 4.69) is 0 Å². The Hall–Kier alpha value is 0.0917. The Morgan fingerprint density at radius 2 is 0.917 bits per heavy atom. The van der Waals surface area contributed by atoms with Gasteiger partial charge in [-0.15, -0.1) is 0 Å². The average molecular weight is 218 g/mol. The van der Waals surface area contributed by atoms with Gasteiger partial charge in [0, 0.05) is 21.7 Å². The molecule has 0 aromatic heterocycles. The molecule has 0 aromatic carbocycles. The van der Waals surface area contributed by atoms with E-state index >= 15 is 0 Å². The van der Waals surface area contributed by atoms with Gasteiger partial charge in [0.1, 0.15) is 0 Å². The van der Waals surface area contributed by atoms with Gasteiger partial charge >= 0.3 is 30.8 Å². The van der Waals surface area contributed by atoms with E-state index in [1.54, 1.807) is 0 Å². The van der Waals surface area contributed by atoms with Crippen molar-refractivity contribution in [2.45, 2.75) is 0 Å². The summed E-state index contributed by atoms with van der Waals surface area (Å²) in [5.74, 6) is -3.65. The number of carbonyl (C=O) groups is 2. The minimum absolute atomic E-state index is 0. The molecule has 0 aliphatic carbocycles. The van der Waals surface area contributed by atoms with Crippen LogP contribution in [0.25, 0.3) is 0 Å². The normalized spacial score (nSPS) is 3.67. The summed E-state index contributed by atoms with van der Waals surface area (Å²) < 4.78 is 0. The Labute approximate surface area is 95.7 Å². The maximum absolute atomic E-state index is 9.10. The molecule has 0 fully saturated rings. The van der Waals surface area contributed by atoms with E-state index in [1.807, 2.05) is 0 Å². The zero-order valence-electron chi connectivity index (χ0n) is 7.21. The van der Waals surface area contributed by atoms with E-state index in [9.17, 15) is 0 Å². The van der Waals surface area contributed by atoms with Crippen LogP contribution < -0.4 is 18.9 Å². The van der Waals surface area contributed by atoms with Crippen molar-refractivity contribution in [1.29, 1.82) is 0 Å². The van der Waals surface area contributed by atoms with Crippen molar-refractivity contribution in [2.75, 3.05) is 0 Å². The molecule has 0 saturated carbocycles. The molecule has 8 nitrogen and oxygen atoms in total. The van der Waals surface area contributed by atoms with E-state index in [4.69, 9.17) is 19.8 Å². The quantitative estimate of drug-likeness (QED) is 0.300. The molecule has 12 heavy (non-hydrogen) atoms. The van der Waals surface area contributed by atoms with Crippen LogP contribution in [0.2, 0.25) is 0 Å². The first-order valence-electron chi connectivity index (χ1n) is 1.11. The average Bonchev–Trinajstić information content (AvgIpc) is 1.36. The first kappa shape index (κ1) is 57.4. The molecule has 0 aliphatic rings. The Bertz CT molecular complexity index is 88.1. The largest absolute Gasteiger partial charge is 1.00 e. The van der Waals surface area contributed by atoms with Crippen molar-refractivity contribution in [3.8, 4) is 0 Å². The standard InChI is InChI=1S/C2H2O4.Li.4H2O.Ti.H/c3-1(4)2(5)6;;;;;;;/h(H,3,4)(H,5,6);;4*1H2;;/q;+1;;;;;;-1. The fourth-order valence-electron chi connectivity index (χ4n) is 0. The third-order valence-electron chi connectivity index (χ3n) is 0.183. The van der Waals surface area contributed by atoms with Crippen LogP contribution in [0.15, 0.2) is 0 Å². The molecule has 0 aromatic rings. The third kappa shape index (κ3) is 49.8. The van der Waals surface area contributed by atoms with E-state index in [0.717, 1.165) is 0 Å². The van der Waals surface area contributed by atoms with Crippen LogP contribution in [0.4, 0.5) is 0 Å². The molecule has 0 atom stereocenters. The van der Waals surface area contributed by atoms with E-state index in [0.29, 0.717) is 0 Å². The topological polar surface area (TPSA) is 201 Å². The van der Waals surface area contributed by atoms with Crippen molar-refractivity contribution in [3.05, 3.63) is 0 Å². The second kappa shape index (κ2) is 30.4. The zero-order chi connectivity index (χ0) is 5.15. The minimum Gasteiger partial charge on any atom is -1.00 e. The summed E-state index contributed by atoms with van der Waals surface area (Å²) >= 11 is 0. The van der Waals surface area contributed by atoms with Crippen molar-refractivity contribution in [3.63, 3.8) is 0 Å². The van der Waals surface area contributed by atoms with Gasteiger partial charge in [0.25, 0.3) is 0 Å². The number of rotatable bonds is 0. The molecule has 0 radical (unpaired) electrons. The molecule has 0 rings (SSSR count). The van der Waals surface area contributed by atoms with E-state index in [-0.39, 0.29) is 63.9 Å². The van der Waals surface area contributed by atoms with Crippen molar-refractivity contribution in [2.24, 2.45) is 0 Å². The third-order valence-corrected chi connectivity index (χ3v) is 0.183. The van der Waals surface area contributed by atoms with Gasteiger partial charge in [0.15, 0.2) is 0 Å². The molecule has 0 unspecified atom stereocenters. The van der Waals surface area contributed by atoms with Crippen molar-refractivity contribution < 1.29 is 83.7 Å². The van der Waals surface area contributed by atoms with E-state index < -0.39 is 11.9 Å². The maximum Gasteiger partial charge on any atom is 1.00 e. The molecular formula is C2H11LiO8Ti. The van der Waals surface area contributed by atoms with Gasteiger partial charge in [-0.2, -0.15) is 0 Å². The SMILES string of the molecule is O.O.O.O.O=C(O)C(=O)O.[H-].[Li+].[Ti]. The van der Waals surface area contributed by atoms with Crippen LogP contribution >= 0.6 is 0 Å². The van der Waals surface area contributed by atoms with E-state index in [1.165, 1.54) is 0 Å². The van der Waals surface area contributed by atoms with Crippen molar-refractivity contribution in [1.82, 2.24) is 0 Å².